The molecule has 0 aliphatic rings. The topological polar surface area (TPSA) is 66.0 Å². The number of benzene rings is 2. The highest BCUT2D eigenvalue weighted by Gasteiger charge is 2.13. The molecule has 0 radical (unpaired) electrons. The van der Waals surface area contributed by atoms with Gasteiger partial charge in [0, 0.05) is 10.6 Å². The first-order valence-electron chi connectivity index (χ1n) is 7.43. The zero-order valence-electron chi connectivity index (χ0n) is 13.4. The van der Waals surface area contributed by atoms with Crippen molar-refractivity contribution < 1.29 is 9.47 Å². The van der Waals surface area contributed by atoms with Crippen LogP contribution in [0.15, 0.2) is 46.4 Å². The predicted octanol–water partition coefficient (Wildman–Crippen LogP) is 5.51. The van der Waals surface area contributed by atoms with E-state index in [-0.39, 0.29) is 12.2 Å². The molecular weight excluding hydrogens is 404 g/mol. The highest BCUT2D eigenvalue weighted by molar-refractivity contribution is 9.10. The van der Waals surface area contributed by atoms with Gasteiger partial charge in [-0.1, -0.05) is 29.8 Å². The van der Waals surface area contributed by atoms with E-state index in [1.807, 2.05) is 37.3 Å². The Labute approximate surface area is 160 Å². The molecule has 0 spiro atoms. The van der Waals surface area contributed by atoms with Gasteiger partial charge in [-0.2, -0.15) is 10.5 Å². The van der Waals surface area contributed by atoms with E-state index in [2.05, 4.69) is 15.9 Å². The Bertz CT molecular complexity index is 866. The first kappa shape index (κ1) is 18.9. The van der Waals surface area contributed by atoms with Crippen molar-refractivity contribution >= 4 is 33.6 Å². The summed E-state index contributed by atoms with van der Waals surface area (Å²) in [6.45, 7) is 2.60. The molecule has 0 atom stereocenters. The summed E-state index contributed by atoms with van der Waals surface area (Å²) in [6, 6.07) is 14.6. The summed E-state index contributed by atoms with van der Waals surface area (Å²) in [4.78, 5) is 0. The van der Waals surface area contributed by atoms with Crippen LogP contribution in [0.2, 0.25) is 5.02 Å². The van der Waals surface area contributed by atoms with Crippen LogP contribution in [-0.2, 0) is 6.61 Å². The standard InChI is InChI=1S/C19H14BrClN2O2/c1-2-24-18-9-13(7-14(10-22)11-23)8-16(20)19(18)25-12-15-5-3-4-6-17(15)21/h3-9H,2,12H2,1H3. The second-order valence-electron chi connectivity index (χ2n) is 4.92. The molecule has 25 heavy (non-hydrogen) atoms. The van der Waals surface area contributed by atoms with Gasteiger partial charge in [0.1, 0.15) is 24.3 Å². The van der Waals surface area contributed by atoms with Crippen LogP contribution < -0.4 is 9.47 Å². The number of hydrogen-bond acceptors (Lipinski definition) is 4. The SMILES string of the molecule is CCOc1cc(C=C(C#N)C#N)cc(Br)c1OCc1ccccc1Cl. The third-order valence-corrected chi connectivity index (χ3v) is 4.17. The largest absolute Gasteiger partial charge is 0.490 e. The molecule has 0 aliphatic carbocycles. The molecular formula is C19H14BrClN2O2. The van der Waals surface area contributed by atoms with Crippen molar-refractivity contribution in [1.29, 1.82) is 10.5 Å². The van der Waals surface area contributed by atoms with Gasteiger partial charge in [0.25, 0.3) is 0 Å². The molecule has 0 bridgehead atoms. The first-order valence-corrected chi connectivity index (χ1v) is 8.60. The number of hydrogen-bond donors (Lipinski definition) is 0. The van der Waals surface area contributed by atoms with Crippen LogP contribution in [0.4, 0.5) is 0 Å². The Morgan fingerprint density at radius 1 is 1.20 bits per heavy atom. The predicted molar refractivity (Wildman–Crippen MR) is 100 cm³/mol. The fourth-order valence-electron chi connectivity index (χ4n) is 2.10. The lowest BCUT2D eigenvalue weighted by Gasteiger charge is -2.15. The Kier molecular flexibility index (Phi) is 6.89. The van der Waals surface area contributed by atoms with Crippen LogP contribution in [0.1, 0.15) is 18.1 Å². The van der Waals surface area contributed by atoms with Crippen LogP contribution >= 0.6 is 27.5 Å². The molecule has 0 unspecified atom stereocenters. The second kappa shape index (κ2) is 9.13. The zero-order valence-corrected chi connectivity index (χ0v) is 15.8. The van der Waals surface area contributed by atoms with E-state index in [0.29, 0.717) is 33.2 Å². The lowest BCUT2D eigenvalue weighted by atomic mass is 10.1. The zero-order chi connectivity index (χ0) is 18.2. The minimum absolute atomic E-state index is 0.0130. The van der Waals surface area contributed by atoms with E-state index in [4.69, 9.17) is 31.6 Å². The third-order valence-electron chi connectivity index (χ3n) is 3.21. The highest BCUT2D eigenvalue weighted by Crippen LogP contribution is 2.38. The molecule has 0 fully saturated rings. The molecule has 0 heterocycles. The molecule has 126 valence electrons. The molecule has 0 saturated heterocycles. The fourth-order valence-corrected chi connectivity index (χ4v) is 2.86. The van der Waals surface area contributed by atoms with Crippen molar-refractivity contribution in [2.75, 3.05) is 6.61 Å². The van der Waals surface area contributed by atoms with E-state index in [9.17, 15) is 0 Å². The number of nitrogens with zero attached hydrogens (tertiary/aromatic N) is 2. The molecule has 6 heteroatoms. The molecule has 0 aromatic heterocycles. The Morgan fingerprint density at radius 3 is 2.56 bits per heavy atom. The minimum Gasteiger partial charge on any atom is -0.490 e. The van der Waals surface area contributed by atoms with Crippen molar-refractivity contribution in [2.24, 2.45) is 0 Å². The van der Waals surface area contributed by atoms with Gasteiger partial charge in [0.2, 0.25) is 0 Å². The van der Waals surface area contributed by atoms with Gasteiger partial charge in [0.15, 0.2) is 11.5 Å². The maximum absolute atomic E-state index is 8.90. The molecule has 0 N–H and O–H groups in total. The fraction of sp³-hybridized carbons (Fsp3) is 0.158. The van der Waals surface area contributed by atoms with Crippen molar-refractivity contribution in [3.8, 4) is 23.6 Å². The van der Waals surface area contributed by atoms with Gasteiger partial charge in [-0.05, 0) is 52.7 Å². The number of rotatable bonds is 6. The average molecular weight is 418 g/mol. The molecule has 0 aliphatic heterocycles. The maximum atomic E-state index is 8.90. The number of nitriles is 2. The second-order valence-corrected chi connectivity index (χ2v) is 6.19. The Morgan fingerprint density at radius 2 is 1.92 bits per heavy atom. The van der Waals surface area contributed by atoms with E-state index in [1.165, 1.54) is 6.08 Å². The number of halogens is 2. The van der Waals surface area contributed by atoms with Crippen LogP contribution in [0.3, 0.4) is 0 Å². The van der Waals surface area contributed by atoms with Crippen molar-refractivity contribution in [2.45, 2.75) is 13.5 Å². The summed E-state index contributed by atoms with van der Waals surface area (Å²) in [5, 5.41) is 18.4. The van der Waals surface area contributed by atoms with Gasteiger partial charge in [-0.25, -0.2) is 0 Å². The smallest absolute Gasteiger partial charge is 0.175 e. The van der Waals surface area contributed by atoms with Crippen LogP contribution in [-0.4, -0.2) is 6.61 Å². The van der Waals surface area contributed by atoms with Crippen molar-refractivity contribution in [1.82, 2.24) is 0 Å². The van der Waals surface area contributed by atoms with Gasteiger partial charge >= 0.3 is 0 Å². The summed E-state index contributed by atoms with van der Waals surface area (Å²) in [7, 11) is 0. The van der Waals surface area contributed by atoms with Crippen molar-refractivity contribution in [3.63, 3.8) is 0 Å². The Balaban J connectivity index is 2.34. The lowest BCUT2D eigenvalue weighted by Crippen LogP contribution is -2.01. The van der Waals surface area contributed by atoms with Gasteiger partial charge < -0.3 is 9.47 Å². The monoisotopic (exact) mass is 416 g/mol. The normalized spacial score (nSPS) is 9.64. The summed E-state index contributed by atoms with van der Waals surface area (Å²) in [5.74, 6) is 1.06. The quantitative estimate of drug-likeness (QED) is 0.581. The Hall–Kier alpha value is -2.47. The van der Waals surface area contributed by atoms with Crippen molar-refractivity contribution in [3.05, 3.63) is 62.6 Å². The summed E-state index contributed by atoms with van der Waals surface area (Å²) >= 11 is 9.61. The number of ether oxygens (including phenoxy) is 2. The van der Waals surface area contributed by atoms with Crippen LogP contribution in [0.25, 0.3) is 6.08 Å². The van der Waals surface area contributed by atoms with E-state index in [1.54, 1.807) is 18.2 Å². The first-order chi connectivity index (χ1) is 12.1. The van der Waals surface area contributed by atoms with E-state index >= 15 is 0 Å². The molecule has 4 nitrogen and oxygen atoms in total. The lowest BCUT2D eigenvalue weighted by molar-refractivity contribution is 0.267. The highest BCUT2D eigenvalue weighted by atomic mass is 79.9. The third kappa shape index (κ3) is 5.00. The van der Waals surface area contributed by atoms with Crippen LogP contribution in [0, 0.1) is 22.7 Å². The summed E-state index contributed by atoms with van der Waals surface area (Å²) in [6.07, 6.45) is 1.49. The van der Waals surface area contributed by atoms with Gasteiger partial charge in [-0.15, -0.1) is 0 Å². The molecule has 0 saturated carbocycles. The average Bonchev–Trinajstić information content (AvgIpc) is 2.60. The summed E-state index contributed by atoms with van der Waals surface area (Å²) < 4.78 is 12.2. The molecule has 2 aromatic rings. The van der Waals surface area contributed by atoms with E-state index in [0.717, 1.165) is 5.56 Å². The number of allylic oxidation sites excluding steroid dienone is 1. The molecule has 2 aromatic carbocycles. The minimum atomic E-state index is 0.0130. The molecule has 0 amide bonds. The van der Waals surface area contributed by atoms with Crippen LogP contribution in [0.5, 0.6) is 11.5 Å². The maximum Gasteiger partial charge on any atom is 0.175 e. The van der Waals surface area contributed by atoms with Gasteiger partial charge in [-0.3, -0.25) is 0 Å². The summed E-state index contributed by atoms with van der Waals surface area (Å²) in [5.41, 5.74) is 1.54. The molecule has 2 rings (SSSR count). The van der Waals surface area contributed by atoms with Gasteiger partial charge in [0.05, 0.1) is 11.1 Å². The van der Waals surface area contributed by atoms with E-state index < -0.39 is 0 Å².